The van der Waals surface area contributed by atoms with Crippen molar-refractivity contribution in [3.05, 3.63) is 32.6 Å². The molecular formula is C14H17FIN3S. The molecule has 0 fully saturated rings. The monoisotopic (exact) mass is 405 g/mol. The zero-order valence-corrected chi connectivity index (χ0v) is 14.7. The van der Waals surface area contributed by atoms with Crippen LogP contribution in [0, 0.1) is 9.39 Å². The summed E-state index contributed by atoms with van der Waals surface area (Å²) in [4.78, 5) is 0. The van der Waals surface area contributed by atoms with E-state index >= 15 is 0 Å². The topological polar surface area (TPSA) is 37.8 Å². The zero-order valence-electron chi connectivity index (χ0n) is 11.7. The second-order valence-corrected chi connectivity index (χ2v) is 7.78. The summed E-state index contributed by atoms with van der Waals surface area (Å²) in [5.74, 6) is -0.225. The first kappa shape index (κ1) is 15.8. The molecule has 0 saturated heterocycles. The van der Waals surface area contributed by atoms with Gasteiger partial charge in [0.05, 0.1) is 0 Å². The van der Waals surface area contributed by atoms with Gasteiger partial charge in [-0.1, -0.05) is 11.3 Å². The predicted octanol–water partition coefficient (Wildman–Crippen LogP) is 3.88. The number of hydrogen-bond acceptors (Lipinski definition) is 4. The van der Waals surface area contributed by atoms with Crippen LogP contribution in [0.5, 0.6) is 0 Å². The molecule has 0 aliphatic carbocycles. The van der Waals surface area contributed by atoms with Crippen molar-refractivity contribution in [2.45, 2.75) is 32.7 Å². The Kier molecular flexibility index (Phi) is 5.09. The van der Waals surface area contributed by atoms with E-state index in [-0.39, 0.29) is 11.4 Å². The first-order valence-corrected chi connectivity index (χ1v) is 8.27. The van der Waals surface area contributed by atoms with E-state index in [0.29, 0.717) is 0 Å². The van der Waals surface area contributed by atoms with E-state index in [2.05, 4.69) is 58.9 Å². The summed E-state index contributed by atoms with van der Waals surface area (Å²) < 4.78 is 14.0. The number of hydrogen-bond donors (Lipinski definition) is 1. The lowest BCUT2D eigenvalue weighted by Gasteiger charge is -2.19. The molecular weight excluding hydrogens is 388 g/mol. The molecule has 0 spiro atoms. The summed E-state index contributed by atoms with van der Waals surface area (Å²) in [6.45, 7) is 7.29. The molecule has 0 bridgehead atoms. The van der Waals surface area contributed by atoms with Gasteiger partial charge in [-0.25, -0.2) is 4.39 Å². The minimum atomic E-state index is -0.225. The van der Waals surface area contributed by atoms with Gasteiger partial charge in [-0.15, -0.1) is 10.2 Å². The summed E-state index contributed by atoms with van der Waals surface area (Å²) in [5.41, 5.74) is 1.05. The summed E-state index contributed by atoms with van der Waals surface area (Å²) in [7, 11) is 0. The number of rotatable bonds is 4. The van der Waals surface area contributed by atoms with Crippen molar-refractivity contribution in [3.8, 4) is 10.6 Å². The Morgan fingerprint density at radius 2 is 2.05 bits per heavy atom. The molecule has 20 heavy (non-hydrogen) atoms. The molecule has 0 radical (unpaired) electrons. The molecule has 0 atom stereocenters. The van der Waals surface area contributed by atoms with Crippen LogP contribution in [-0.4, -0.2) is 22.3 Å². The summed E-state index contributed by atoms with van der Waals surface area (Å²) >= 11 is 3.69. The lowest BCUT2D eigenvalue weighted by Crippen LogP contribution is -2.37. The molecule has 1 aromatic carbocycles. The average Bonchev–Trinajstić information content (AvgIpc) is 2.75. The highest BCUT2D eigenvalue weighted by Crippen LogP contribution is 2.28. The fourth-order valence-electron chi connectivity index (χ4n) is 1.67. The largest absolute Gasteiger partial charge is 0.312 e. The Bertz CT molecular complexity index is 592. The van der Waals surface area contributed by atoms with E-state index in [1.165, 1.54) is 12.1 Å². The maximum Gasteiger partial charge on any atom is 0.148 e. The van der Waals surface area contributed by atoms with Gasteiger partial charge >= 0.3 is 0 Å². The number of aromatic nitrogens is 2. The second-order valence-electron chi connectivity index (χ2n) is 5.55. The van der Waals surface area contributed by atoms with Crippen molar-refractivity contribution in [2.24, 2.45) is 0 Å². The van der Waals surface area contributed by atoms with Gasteiger partial charge in [-0.3, -0.25) is 0 Å². The van der Waals surface area contributed by atoms with Crippen molar-refractivity contribution >= 4 is 33.9 Å². The van der Waals surface area contributed by atoms with Crippen LogP contribution in [-0.2, 0) is 6.42 Å². The summed E-state index contributed by atoms with van der Waals surface area (Å²) in [6, 6.07) is 4.73. The van der Waals surface area contributed by atoms with Gasteiger partial charge in [0, 0.05) is 27.6 Å². The van der Waals surface area contributed by atoms with E-state index in [4.69, 9.17) is 0 Å². The highest BCUT2D eigenvalue weighted by Gasteiger charge is 2.12. The van der Waals surface area contributed by atoms with Gasteiger partial charge < -0.3 is 5.32 Å². The number of halogens is 2. The van der Waals surface area contributed by atoms with Crippen LogP contribution in [0.15, 0.2) is 18.2 Å². The molecule has 0 amide bonds. The molecule has 0 aliphatic heterocycles. The molecule has 0 aliphatic rings. The Morgan fingerprint density at radius 1 is 1.30 bits per heavy atom. The first-order valence-electron chi connectivity index (χ1n) is 6.38. The van der Waals surface area contributed by atoms with Crippen molar-refractivity contribution in [2.75, 3.05) is 6.54 Å². The van der Waals surface area contributed by atoms with Crippen LogP contribution in [0.1, 0.15) is 25.8 Å². The minimum Gasteiger partial charge on any atom is -0.312 e. The van der Waals surface area contributed by atoms with Crippen LogP contribution in [0.25, 0.3) is 10.6 Å². The van der Waals surface area contributed by atoms with Crippen molar-refractivity contribution in [1.29, 1.82) is 0 Å². The van der Waals surface area contributed by atoms with Gasteiger partial charge in [0.25, 0.3) is 0 Å². The van der Waals surface area contributed by atoms with E-state index in [1.807, 2.05) is 0 Å². The predicted molar refractivity (Wildman–Crippen MR) is 89.5 cm³/mol. The number of benzene rings is 1. The van der Waals surface area contributed by atoms with Gasteiger partial charge in [0.1, 0.15) is 15.8 Å². The minimum absolute atomic E-state index is 0.111. The maximum absolute atomic E-state index is 13.1. The van der Waals surface area contributed by atoms with Crippen LogP contribution in [0.4, 0.5) is 4.39 Å². The maximum atomic E-state index is 13.1. The standard InChI is InChI=1S/C14H17FIN3S/c1-14(2,3)17-7-6-12-18-19-13(20-12)10-5-4-9(15)8-11(10)16/h4-5,8,17H,6-7H2,1-3H3. The molecule has 1 N–H and O–H groups in total. The fraction of sp³-hybridized carbons (Fsp3) is 0.429. The second kappa shape index (κ2) is 6.44. The molecule has 6 heteroatoms. The van der Waals surface area contributed by atoms with Gasteiger partial charge in [-0.2, -0.15) is 0 Å². The van der Waals surface area contributed by atoms with Gasteiger partial charge in [0.2, 0.25) is 0 Å². The Morgan fingerprint density at radius 3 is 2.70 bits per heavy atom. The summed E-state index contributed by atoms with van der Waals surface area (Å²) in [5, 5.41) is 13.7. The smallest absolute Gasteiger partial charge is 0.148 e. The van der Waals surface area contributed by atoms with Crippen molar-refractivity contribution < 1.29 is 4.39 Å². The van der Waals surface area contributed by atoms with Gasteiger partial charge in [-0.05, 0) is 61.6 Å². The highest BCUT2D eigenvalue weighted by molar-refractivity contribution is 14.1. The number of nitrogens with zero attached hydrogens (tertiary/aromatic N) is 2. The van der Waals surface area contributed by atoms with E-state index in [0.717, 1.165) is 32.1 Å². The fourth-order valence-corrected chi connectivity index (χ4v) is 3.47. The lowest BCUT2D eigenvalue weighted by molar-refractivity contribution is 0.429. The molecule has 3 nitrogen and oxygen atoms in total. The van der Waals surface area contributed by atoms with E-state index < -0.39 is 0 Å². The Hall–Kier alpha value is -0.600. The van der Waals surface area contributed by atoms with Gasteiger partial charge in [0.15, 0.2) is 0 Å². The average molecular weight is 405 g/mol. The molecule has 0 unspecified atom stereocenters. The first-order chi connectivity index (χ1) is 9.35. The quantitative estimate of drug-likeness (QED) is 0.785. The summed E-state index contributed by atoms with van der Waals surface area (Å²) in [6.07, 6.45) is 0.854. The lowest BCUT2D eigenvalue weighted by atomic mass is 10.1. The van der Waals surface area contributed by atoms with Crippen LogP contribution in [0.2, 0.25) is 0 Å². The third-order valence-corrected chi connectivity index (χ3v) is 4.53. The molecule has 2 rings (SSSR count). The Balaban J connectivity index is 2.05. The molecule has 0 saturated carbocycles. The van der Waals surface area contributed by atoms with Crippen molar-refractivity contribution in [3.63, 3.8) is 0 Å². The number of nitrogens with one attached hydrogen (secondary N) is 1. The molecule has 108 valence electrons. The molecule has 1 aromatic heterocycles. The molecule has 1 heterocycles. The molecule has 2 aromatic rings. The van der Waals surface area contributed by atoms with Crippen LogP contribution >= 0.6 is 33.9 Å². The highest BCUT2D eigenvalue weighted by atomic mass is 127. The normalized spacial score (nSPS) is 11.8. The van der Waals surface area contributed by atoms with Crippen molar-refractivity contribution in [1.82, 2.24) is 15.5 Å². The van der Waals surface area contributed by atoms with E-state index in [1.54, 1.807) is 17.4 Å². The third kappa shape index (κ3) is 4.46. The van der Waals surface area contributed by atoms with Crippen LogP contribution < -0.4 is 5.32 Å². The van der Waals surface area contributed by atoms with Crippen LogP contribution in [0.3, 0.4) is 0 Å². The SMILES string of the molecule is CC(C)(C)NCCc1nnc(-c2ccc(F)cc2I)s1. The van der Waals surface area contributed by atoms with E-state index in [9.17, 15) is 4.39 Å². The Labute approximate surface area is 136 Å². The third-order valence-electron chi connectivity index (χ3n) is 2.62. The zero-order chi connectivity index (χ0) is 14.8.